The zero-order valence-corrected chi connectivity index (χ0v) is 13.4. The molecule has 0 unspecified atom stereocenters. The van der Waals surface area contributed by atoms with Crippen molar-refractivity contribution in [1.82, 2.24) is 4.72 Å². The smallest absolute Gasteiger partial charge is 0.232 e. The molecule has 0 atom stereocenters. The normalized spacial score (nSPS) is 11.9. The van der Waals surface area contributed by atoms with E-state index in [1.807, 2.05) is 6.07 Å². The highest BCUT2D eigenvalue weighted by molar-refractivity contribution is 7.92. The molecule has 7 nitrogen and oxygen atoms in total. The Balaban J connectivity index is 2.95. The first kappa shape index (κ1) is 17.4. The first-order valence-electron chi connectivity index (χ1n) is 6.15. The molecule has 1 N–H and O–H groups in total. The summed E-state index contributed by atoms with van der Waals surface area (Å²) in [6, 6.07) is 8.05. The second-order valence-corrected chi connectivity index (χ2v) is 8.30. The minimum atomic E-state index is -3.58. The maximum atomic E-state index is 11.8. The monoisotopic (exact) mass is 331 g/mol. The number of nitrogens with zero attached hydrogens (tertiary/aromatic N) is 2. The zero-order chi connectivity index (χ0) is 16.1. The van der Waals surface area contributed by atoms with Gasteiger partial charge < -0.3 is 0 Å². The van der Waals surface area contributed by atoms with Gasteiger partial charge in [0, 0.05) is 13.1 Å². The number of sulfonamides is 2. The van der Waals surface area contributed by atoms with Gasteiger partial charge >= 0.3 is 0 Å². The maximum absolute atomic E-state index is 11.8. The maximum Gasteiger partial charge on any atom is 0.232 e. The van der Waals surface area contributed by atoms with E-state index in [0.717, 1.165) is 10.6 Å². The van der Waals surface area contributed by atoms with Gasteiger partial charge in [0.2, 0.25) is 20.0 Å². The highest BCUT2D eigenvalue weighted by Gasteiger charge is 2.18. The third-order valence-electron chi connectivity index (χ3n) is 2.68. The van der Waals surface area contributed by atoms with Crippen molar-refractivity contribution in [2.75, 3.05) is 29.4 Å². The van der Waals surface area contributed by atoms with E-state index in [9.17, 15) is 16.8 Å². The van der Waals surface area contributed by atoms with Crippen LogP contribution in [0.3, 0.4) is 0 Å². The SMILES string of the molecule is CCS(=O)(=O)NCCN(c1cccc(C#N)c1)S(C)(=O)=O. The second kappa shape index (κ2) is 6.89. The van der Waals surface area contributed by atoms with Crippen LogP contribution in [0, 0.1) is 11.3 Å². The minimum Gasteiger partial charge on any atom is -0.269 e. The van der Waals surface area contributed by atoms with Crippen LogP contribution in [0.4, 0.5) is 5.69 Å². The van der Waals surface area contributed by atoms with Crippen LogP contribution >= 0.6 is 0 Å². The van der Waals surface area contributed by atoms with Gasteiger partial charge in [-0.05, 0) is 25.1 Å². The van der Waals surface area contributed by atoms with Crippen LogP contribution in [-0.2, 0) is 20.0 Å². The van der Waals surface area contributed by atoms with Crippen LogP contribution in [0.15, 0.2) is 24.3 Å². The van der Waals surface area contributed by atoms with Crippen LogP contribution in [0.5, 0.6) is 0 Å². The fraction of sp³-hybridized carbons (Fsp3) is 0.417. The summed E-state index contributed by atoms with van der Waals surface area (Å²) < 4.78 is 49.7. The van der Waals surface area contributed by atoms with Gasteiger partial charge in [-0.2, -0.15) is 5.26 Å². The van der Waals surface area contributed by atoms with E-state index in [2.05, 4.69) is 4.72 Å². The largest absolute Gasteiger partial charge is 0.269 e. The van der Waals surface area contributed by atoms with E-state index < -0.39 is 20.0 Å². The summed E-state index contributed by atoms with van der Waals surface area (Å²) in [5, 5.41) is 8.85. The number of hydrogen-bond acceptors (Lipinski definition) is 5. The standard InChI is InChI=1S/C12H17N3O4S2/c1-3-21(18,19)14-7-8-15(20(2,16)17)12-6-4-5-11(9-12)10-13/h4-6,9,14H,3,7-8H2,1-2H3. The number of rotatable bonds is 7. The van der Waals surface area contributed by atoms with Gasteiger partial charge in [-0.25, -0.2) is 21.6 Å². The van der Waals surface area contributed by atoms with E-state index in [1.165, 1.54) is 13.0 Å². The van der Waals surface area contributed by atoms with Crippen molar-refractivity contribution in [2.45, 2.75) is 6.92 Å². The van der Waals surface area contributed by atoms with Crippen LogP contribution in [0.1, 0.15) is 12.5 Å². The first-order chi connectivity index (χ1) is 9.69. The van der Waals surface area contributed by atoms with Crippen LogP contribution in [0.25, 0.3) is 0 Å². The molecule has 0 aliphatic carbocycles. The lowest BCUT2D eigenvalue weighted by molar-refractivity contribution is 0.579. The summed E-state index contributed by atoms with van der Waals surface area (Å²) in [6.07, 6.45) is 1.03. The van der Waals surface area contributed by atoms with Crippen molar-refractivity contribution in [2.24, 2.45) is 0 Å². The fourth-order valence-corrected chi connectivity index (χ4v) is 3.15. The molecule has 116 valence electrons. The van der Waals surface area contributed by atoms with E-state index in [0.29, 0.717) is 11.3 Å². The Labute approximate surface area is 125 Å². The van der Waals surface area contributed by atoms with Gasteiger partial charge in [0.25, 0.3) is 0 Å². The molecule has 0 spiro atoms. The van der Waals surface area contributed by atoms with Gasteiger partial charge in [0.15, 0.2) is 0 Å². The van der Waals surface area contributed by atoms with Crippen molar-refractivity contribution in [3.8, 4) is 6.07 Å². The molecule has 0 bridgehead atoms. The molecule has 9 heteroatoms. The van der Waals surface area contributed by atoms with Crippen LogP contribution < -0.4 is 9.03 Å². The van der Waals surface area contributed by atoms with E-state index >= 15 is 0 Å². The molecule has 1 aromatic rings. The number of benzene rings is 1. The summed E-state index contributed by atoms with van der Waals surface area (Å²) >= 11 is 0. The molecule has 0 aliphatic rings. The topological polar surface area (TPSA) is 107 Å². The van der Waals surface area contributed by atoms with Crippen LogP contribution in [0.2, 0.25) is 0 Å². The molecule has 0 heterocycles. The summed E-state index contributed by atoms with van der Waals surface area (Å²) in [4.78, 5) is 0. The Hall–Kier alpha value is -1.63. The van der Waals surface area contributed by atoms with Gasteiger partial charge in [-0.3, -0.25) is 4.31 Å². The third kappa shape index (κ3) is 5.34. The van der Waals surface area contributed by atoms with E-state index in [4.69, 9.17) is 5.26 Å². The minimum absolute atomic E-state index is 0.0416. The van der Waals surface area contributed by atoms with Gasteiger partial charge in [-0.15, -0.1) is 0 Å². The van der Waals surface area contributed by atoms with E-state index in [-0.39, 0.29) is 18.8 Å². The Kier molecular flexibility index (Phi) is 5.71. The Morgan fingerprint density at radius 3 is 2.48 bits per heavy atom. The molecular weight excluding hydrogens is 314 g/mol. The highest BCUT2D eigenvalue weighted by atomic mass is 32.2. The molecule has 0 saturated carbocycles. The fourth-order valence-electron chi connectivity index (χ4n) is 1.62. The molecule has 1 rings (SSSR count). The number of anilines is 1. The zero-order valence-electron chi connectivity index (χ0n) is 11.8. The quantitative estimate of drug-likeness (QED) is 0.771. The molecule has 0 radical (unpaired) electrons. The lowest BCUT2D eigenvalue weighted by Crippen LogP contribution is -2.38. The highest BCUT2D eigenvalue weighted by Crippen LogP contribution is 2.18. The Bertz CT molecular complexity index is 736. The van der Waals surface area contributed by atoms with Gasteiger partial charge in [0.1, 0.15) is 0 Å². The van der Waals surface area contributed by atoms with Gasteiger partial charge in [-0.1, -0.05) is 6.07 Å². The molecule has 0 aromatic heterocycles. The van der Waals surface area contributed by atoms with Crippen LogP contribution in [-0.4, -0.2) is 41.9 Å². The molecule has 0 aliphatic heterocycles. The van der Waals surface area contributed by atoms with Crippen molar-refractivity contribution >= 4 is 25.7 Å². The summed E-state index contributed by atoms with van der Waals surface area (Å²) in [5.41, 5.74) is 0.655. The average molecular weight is 331 g/mol. The summed E-state index contributed by atoms with van der Waals surface area (Å²) in [6.45, 7) is 1.40. The molecule has 0 fully saturated rings. The third-order valence-corrected chi connectivity index (χ3v) is 5.28. The molecule has 0 amide bonds. The summed E-state index contributed by atoms with van der Waals surface area (Å²) in [7, 11) is -6.96. The lowest BCUT2D eigenvalue weighted by atomic mass is 10.2. The lowest BCUT2D eigenvalue weighted by Gasteiger charge is -2.22. The van der Waals surface area contributed by atoms with Crippen molar-refractivity contribution in [1.29, 1.82) is 5.26 Å². The second-order valence-electron chi connectivity index (χ2n) is 4.30. The Morgan fingerprint density at radius 1 is 1.29 bits per heavy atom. The molecule has 21 heavy (non-hydrogen) atoms. The number of hydrogen-bond donors (Lipinski definition) is 1. The van der Waals surface area contributed by atoms with Crippen molar-refractivity contribution in [3.05, 3.63) is 29.8 Å². The predicted molar refractivity (Wildman–Crippen MR) is 80.8 cm³/mol. The Morgan fingerprint density at radius 2 is 1.95 bits per heavy atom. The van der Waals surface area contributed by atoms with Crippen molar-refractivity contribution < 1.29 is 16.8 Å². The average Bonchev–Trinajstić information content (AvgIpc) is 2.42. The molecular formula is C12H17N3O4S2. The molecule has 1 aromatic carbocycles. The van der Waals surface area contributed by atoms with Gasteiger partial charge in [0.05, 0.1) is 29.3 Å². The van der Waals surface area contributed by atoms with E-state index in [1.54, 1.807) is 18.2 Å². The number of nitrogens with one attached hydrogen (secondary N) is 1. The predicted octanol–water partition coefficient (Wildman–Crippen LogP) is 0.264. The number of nitriles is 1. The first-order valence-corrected chi connectivity index (χ1v) is 9.65. The summed E-state index contributed by atoms with van der Waals surface area (Å²) in [5.74, 6) is -0.0736. The molecule has 0 saturated heterocycles. The van der Waals surface area contributed by atoms with Crippen molar-refractivity contribution in [3.63, 3.8) is 0 Å².